The lowest BCUT2D eigenvalue weighted by Crippen LogP contribution is -2.37. The van der Waals surface area contributed by atoms with Crippen LogP contribution in [0, 0.1) is 0 Å². The molecule has 1 aromatic carbocycles. The highest BCUT2D eigenvalue weighted by molar-refractivity contribution is 6.16. The summed E-state index contributed by atoms with van der Waals surface area (Å²) >= 11 is 0. The van der Waals surface area contributed by atoms with E-state index in [9.17, 15) is 14.4 Å². The summed E-state index contributed by atoms with van der Waals surface area (Å²) in [4.78, 5) is 40.3. The summed E-state index contributed by atoms with van der Waals surface area (Å²) in [5.41, 5.74) is 3.39. The molecular weight excluding hydrogens is 284 g/mol. The maximum absolute atomic E-state index is 11.9. The van der Waals surface area contributed by atoms with Gasteiger partial charge in [-0.05, 0) is 12.5 Å². The first kappa shape index (κ1) is 16.0. The van der Waals surface area contributed by atoms with Crippen LogP contribution in [0.2, 0.25) is 0 Å². The molecule has 0 saturated heterocycles. The molecule has 22 heavy (non-hydrogen) atoms. The number of ketones is 1. The van der Waals surface area contributed by atoms with Gasteiger partial charge in [0.15, 0.2) is 5.78 Å². The fourth-order valence-electron chi connectivity index (χ4n) is 2.32. The Morgan fingerprint density at radius 1 is 1.27 bits per heavy atom. The molecule has 0 unspecified atom stereocenters. The van der Waals surface area contributed by atoms with E-state index in [4.69, 9.17) is 4.84 Å². The largest absolute Gasteiger partial charge is 0.344 e. The summed E-state index contributed by atoms with van der Waals surface area (Å²) in [6.45, 7) is 2.09. The van der Waals surface area contributed by atoms with Crippen molar-refractivity contribution in [2.24, 2.45) is 0 Å². The van der Waals surface area contributed by atoms with Gasteiger partial charge < -0.3 is 10.2 Å². The minimum atomic E-state index is -0.378. The molecule has 0 spiro atoms. The third-order valence-electron chi connectivity index (χ3n) is 3.51. The minimum absolute atomic E-state index is 0.00744. The molecule has 0 saturated carbocycles. The molecule has 1 heterocycles. The van der Waals surface area contributed by atoms with Crippen LogP contribution in [-0.4, -0.2) is 24.2 Å². The highest BCUT2D eigenvalue weighted by Crippen LogP contribution is 2.23. The number of amides is 1. The average molecular weight is 304 g/mol. The monoisotopic (exact) mass is 304 g/mol. The molecule has 2 rings (SSSR count). The van der Waals surface area contributed by atoms with Crippen LogP contribution in [0.25, 0.3) is 0 Å². The number of carbonyl (C=O) groups excluding carboxylic acids is 3. The molecule has 1 aromatic rings. The van der Waals surface area contributed by atoms with Crippen molar-refractivity contribution in [3.63, 3.8) is 0 Å². The van der Waals surface area contributed by atoms with Crippen LogP contribution in [0.15, 0.2) is 18.2 Å². The quantitative estimate of drug-likeness (QED) is 0.597. The number of rotatable bonds is 7. The van der Waals surface area contributed by atoms with Crippen molar-refractivity contribution in [1.29, 1.82) is 0 Å². The highest BCUT2D eigenvalue weighted by atomic mass is 16.7. The maximum atomic E-state index is 11.9. The van der Waals surface area contributed by atoms with Crippen molar-refractivity contribution in [2.75, 3.05) is 12.0 Å². The zero-order chi connectivity index (χ0) is 15.9. The van der Waals surface area contributed by atoms with E-state index < -0.39 is 0 Å². The molecule has 0 bridgehead atoms. The van der Waals surface area contributed by atoms with Crippen LogP contribution < -0.4 is 10.8 Å². The maximum Gasteiger partial charge on any atom is 0.332 e. The van der Waals surface area contributed by atoms with Crippen molar-refractivity contribution >= 4 is 23.3 Å². The van der Waals surface area contributed by atoms with Crippen molar-refractivity contribution in [3.05, 3.63) is 29.3 Å². The van der Waals surface area contributed by atoms with E-state index >= 15 is 0 Å². The van der Waals surface area contributed by atoms with Crippen molar-refractivity contribution in [1.82, 2.24) is 5.32 Å². The third kappa shape index (κ3) is 3.84. The number of anilines is 1. The van der Waals surface area contributed by atoms with Crippen LogP contribution in [0.3, 0.4) is 0 Å². The van der Waals surface area contributed by atoms with Crippen molar-refractivity contribution < 1.29 is 19.2 Å². The first-order valence-corrected chi connectivity index (χ1v) is 7.53. The van der Waals surface area contributed by atoms with Gasteiger partial charge >= 0.3 is 5.97 Å². The second-order valence-corrected chi connectivity index (χ2v) is 5.22. The minimum Gasteiger partial charge on any atom is -0.344 e. The van der Waals surface area contributed by atoms with Gasteiger partial charge in [0.1, 0.15) is 0 Å². The van der Waals surface area contributed by atoms with Gasteiger partial charge in [-0.2, -0.15) is 0 Å². The second kappa shape index (κ2) is 7.59. The summed E-state index contributed by atoms with van der Waals surface area (Å²) in [6, 6.07) is 4.84. The number of carbonyl (C=O) groups is 3. The van der Waals surface area contributed by atoms with Gasteiger partial charge in [0.2, 0.25) is 0 Å². The Bertz CT molecular complexity index is 584. The van der Waals surface area contributed by atoms with Gasteiger partial charge in [-0.3, -0.25) is 9.59 Å². The molecule has 1 aliphatic rings. The molecule has 1 amide bonds. The standard InChI is InChI=1S/C16H20N2O4/c1-2-3-4-5-9-14(20)22-18-12-8-6-7-11-13(19)10-17-16(21)15(11)12/h6-8,18H,2-5,9-10H2,1H3,(H,17,21). The van der Waals surface area contributed by atoms with E-state index in [0.29, 0.717) is 17.7 Å². The van der Waals surface area contributed by atoms with Crippen LogP contribution >= 0.6 is 0 Å². The number of unbranched alkanes of at least 4 members (excludes halogenated alkanes) is 3. The SMILES string of the molecule is CCCCCCC(=O)ONc1cccc2c1C(=O)NCC2=O. The number of nitrogens with one attached hydrogen (secondary N) is 2. The lowest BCUT2D eigenvalue weighted by Gasteiger charge is -2.18. The summed E-state index contributed by atoms with van der Waals surface area (Å²) < 4.78 is 0. The summed E-state index contributed by atoms with van der Waals surface area (Å²) in [7, 11) is 0. The van der Waals surface area contributed by atoms with E-state index in [1.807, 2.05) is 0 Å². The van der Waals surface area contributed by atoms with Crippen LogP contribution in [0.1, 0.15) is 59.7 Å². The van der Waals surface area contributed by atoms with E-state index in [-0.39, 0.29) is 29.8 Å². The van der Waals surface area contributed by atoms with E-state index in [1.165, 1.54) is 0 Å². The van der Waals surface area contributed by atoms with Gasteiger partial charge in [0.25, 0.3) is 5.91 Å². The Hall–Kier alpha value is -2.37. The Morgan fingerprint density at radius 2 is 2.09 bits per heavy atom. The zero-order valence-corrected chi connectivity index (χ0v) is 12.6. The van der Waals surface area contributed by atoms with Gasteiger partial charge in [-0.15, -0.1) is 0 Å². The molecule has 1 aliphatic heterocycles. The molecule has 6 heteroatoms. The summed E-state index contributed by atoms with van der Waals surface area (Å²) in [5, 5.41) is 2.50. The van der Waals surface area contributed by atoms with Gasteiger partial charge in [0, 0.05) is 12.0 Å². The second-order valence-electron chi connectivity index (χ2n) is 5.22. The Balaban J connectivity index is 1.96. The number of Topliss-reactive ketones (excluding diaryl/α,β-unsaturated/α-hetero) is 1. The predicted octanol–water partition coefficient (Wildman–Crippen LogP) is 2.45. The normalized spacial score (nSPS) is 13.3. The summed E-state index contributed by atoms with van der Waals surface area (Å²) in [6.07, 6.45) is 4.29. The Labute approximate surface area is 129 Å². The first-order valence-electron chi connectivity index (χ1n) is 7.53. The molecule has 0 aliphatic carbocycles. The molecule has 0 aromatic heterocycles. The van der Waals surface area contributed by atoms with Gasteiger partial charge in [-0.1, -0.05) is 38.3 Å². The topological polar surface area (TPSA) is 84.5 Å². The van der Waals surface area contributed by atoms with Crippen LogP contribution in [0.5, 0.6) is 0 Å². The molecular formula is C16H20N2O4. The number of hydrogen-bond acceptors (Lipinski definition) is 5. The fraction of sp³-hybridized carbons (Fsp3) is 0.438. The zero-order valence-electron chi connectivity index (χ0n) is 12.6. The van der Waals surface area contributed by atoms with E-state index in [2.05, 4.69) is 17.7 Å². The molecule has 2 N–H and O–H groups in total. The Morgan fingerprint density at radius 3 is 2.86 bits per heavy atom. The van der Waals surface area contributed by atoms with Crippen molar-refractivity contribution in [2.45, 2.75) is 39.0 Å². The molecule has 0 radical (unpaired) electrons. The average Bonchev–Trinajstić information content (AvgIpc) is 2.53. The number of benzene rings is 1. The first-order chi connectivity index (χ1) is 10.6. The van der Waals surface area contributed by atoms with Crippen LogP contribution in [0.4, 0.5) is 5.69 Å². The van der Waals surface area contributed by atoms with Gasteiger partial charge in [-0.25, -0.2) is 10.3 Å². The Kier molecular flexibility index (Phi) is 5.52. The number of fused-ring (bicyclic) bond motifs is 1. The smallest absolute Gasteiger partial charge is 0.332 e. The third-order valence-corrected chi connectivity index (χ3v) is 3.51. The van der Waals surface area contributed by atoms with Gasteiger partial charge in [0.05, 0.1) is 17.8 Å². The highest BCUT2D eigenvalue weighted by Gasteiger charge is 2.26. The van der Waals surface area contributed by atoms with E-state index in [0.717, 1.165) is 25.7 Å². The van der Waals surface area contributed by atoms with Crippen LogP contribution in [-0.2, 0) is 9.63 Å². The molecule has 118 valence electrons. The van der Waals surface area contributed by atoms with E-state index in [1.54, 1.807) is 18.2 Å². The predicted molar refractivity (Wildman–Crippen MR) is 81.6 cm³/mol. The molecule has 0 atom stereocenters. The lowest BCUT2D eigenvalue weighted by atomic mass is 9.98. The number of hydrogen-bond donors (Lipinski definition) is 2. The molecule has 0 fully saturated rings. The lowest BCUT2D eigenvalue weighted by molar-refractivity contribution is -0.140. The fourth-order valence-corrected chi connectivity index (χ4v) is 2.32. The summed E-state index contributed by atoms with van der Waals surface area (Å²) in [5.74, 6) is -0.892. The molecule has 6 nitrogen and oxygen atoms in total. The van der Waals surface area contributed by atoms with Crippen molar-refractivity contribution in [3.8, 4) is 0 Å².